The molecule has 0 saturated heterocycles. The lowest BCUT2D eigenvalue weighted by Crippen LogP contribution is -2.22. The quantitative estimate of drug-likeness (QED) is 0.348. The van der Waals surface area contributed by atoms with Crippen LogP contribution in [0.4, 0.5) is 0 Å². The second-order valence-corrected chi connectivity index (χ2v) is 7.23. The predicted octanol–water partition coefficient (Wildman–Crippen LogP) is 3.48. The molecule has 0 aliphatic heterocycles. The van der Waals surface area contributed by atoms with Gasteiger partial charge in [-0.25, -0.2) is 0 Å². The SMILES string of the molecule is CCCCCC(=O)CC[C@@H]1[C@@H](CC=CCCCC(=O)O)[C@@H](O)C[C@H]1O. The lowest BCUT2D eigenvalue weighted by molar-refractivity contribution is -0.137. The van der Waals surface area contributed by atoms with Gasteiger partial charge in [0.2, 0.25) is 0 Å². The molecule has 0 bridgehead atoms. The van der Waals surface area contributed by atoms with Gasteiger partial charge >= 0.3 is 5.97 Å². The van der Waals surface area contributed by atoms with Crippen LogP contribution in [0.1, 0.15) is 77.6 Å². The van der Waals surface area contributed by atoms with E-state index in [9.17, 15) is 19.8 Å². The molecule has 0 radical (unpaired) electrons. The summed E-state index contributed by atoms with van der Waals surface area (Å²) in [6.07, 6.45) is 10.2. The van der Waals surface area contributed by atoms with Gasteiger partial charge in [0.25, 0.3) is 0 Å². The van der Waals surface area contributed by atoms with E-state index >= 15 is 0 Å². The first-order chi connectivity index (χ1) is 12.0. The molecule has 1 fully saturated rings. The molecule has 3 N–H and O–H groups in total. The summed E-state index contributed by atoms with van der Waals surface area (Å²) in [4.78, 5) is 22.4. The molecule has 144 valence electrons. The highest BCUT2D eigenvalue weighted by Crippen LogP contribution is 2.38. The van der Waals surface area contributed by atoms with Gasteiger partial charge in [0.1, 0.15) is 5.78 Å². The van der Waals surface area contributed by atoms with E-state index in [1.54, 1.807) is 0 Å². The molecule has 0 spiro atoms. The number of carboxylic acids is 1. The van der Waals surface area contributed by atoms with Gasteiger partial charge in [0, 0.05) is 19.3 Å². The van der Waals surface area contributed by atoms with Crippen LogP contribution in [0.25, 0.3) is 0 Å². The van der Waals surface area contributed by atoms with Gasteiger partial charge in [-0.05, 0) is 50.4 Å². The molecule has 4 atom stereocenters. The normalized spacial score (nSPS) is 26.4. The van der Waals surface area contributed by atoms with Crippen molar-refractivity contribution in [3.63, 3.8) is 0 Å². The molecule has 1 aliphatic carbocycles. The van der Waals surface area contributed by atoms with E-state index < -0.39 is 18.2 Å². The number of rotatable bonds is 13. The minimum absolute atomic E-state index is 0.0193. The molecule has 25 heavy (non-hydrogen) atoms. The Labute approximate surface area is 151 Å². The number of aliphatic hydroxyl groups is 2. The van der Waals surface area contributed by atoms with Crippen LogP contribution in [-0.4, -0.2) is 39.3 Å². The van der Waals surface area contributed by atoms with Crippen LogP contribution in [0.15, 0.2) is 12.2 Å². The Morgan fingerprint density at radius 3 is 2.36 bits per heavy atom. The second-order valence-electron chi connectivity index (χ2n) is 7.23. The number of Topliss-reactive ketones (excluding diaryl/α,β-unsaturated/α-hetero) is 1. The lowest BCUT2D eigenvalue weighted by Gasteiger charge is -2.22. The van der Waals surface area contributed by atoms with Gasteiger partial charge in [-0.15, -0.1) is 0 Å². The van der Waals surface area contributed by atoms with E-state index in [1.807, 2.05) is 12.2 Å². The average molecular weight is 354 g/mol. The number of carbonyl (C=O) groups is 2. The molecular weight excluding hydrogens is 320 g/mol. The van der Waals surface area contributed by atoms with E-state index in [0.29, 0.717) is 44.9 Å². The van der Waals surface area contributed by atoms with Crippen molar-refractivity contribution in [2.45, 2.75) is 89.8 Å². The van der Waals surface area contributed by atoms with E-state index in [-0.39, 0.29) is 24.0 Å². The standard InChI is InChI=1S/C20H34O5/c1-2-3-6-9-15(21)12-13-17-16(18(22)14-19(17)23)10-7-4-5-8-11-20(24)25/h4,7,16-19,22-23H,2-3,5-6,8-14H2,1H3,(H,24,25)/t16-,17-,18+,19-/m1/s1. The number of unbranched alkanes of at least 4 members (excludes halogenated alkanes) is 3. The van der Waals surface area contributed by atoms with E-state index in [1.165, 1.54) is 0 Å². The maximum Gasteiger partial charge on any atom is 0.303 e. The molecule has 1 rings (SSSR count). The number of carboxylic acid groups (broad SMARTS) is 1. The number of aliphatic carboxylic acids is 1. The number of hydrogen-bond acceptors (Lipinski definition) is 4. The van der Waals surface area contributed by atoms with Crippen molar-refractivity contribution in [3.05, 3.63) is 12.2 Å². The van der Waals surface area contributed by atoms with Crippen LogP contribution >= 0.6 is 0 Å². The number of hydrogen-bond donors (Lipinski definition) is 3. The van der Waals surface area contributed by atoms with E-state index in [2.05, 4.69) is 6.92 Å². The Hall–Kier alpha value is -1.20. The van der Waals surface area contributed by atoms with Crippen LogP contribution in [-0.2, 0) is 9.59 Å². The van der Waals surface area contributed by atoms with Gasteiger partial charge in [0.15, 0.2) is 0 Å². The zero-order valence-corrected chi connectivity index (χ0v) is 15.4. The van der Waals surface area contributed by atoms with E-state index in [4.69, 9.17) is 5.11 Å². The molecule has 0 aromatic rings. The van der Waals surface area contributed by atoms with Crippen molar-refractivity contribution >= 4 is 11.8 Å². The van der Waals surface area contributed by atoms with Crippen LogP contribution in [0.5, 0.6) is 0 Å². The van der Waals surface area contributed by atoms with Crippen molar-refractivity contribution in [2.24, 2.45) is 11.8 Å². The largest absolute Gasteiger partial charge is 0.481 e. The second kappa shape index (κ2) is 12.2. The zero-order chi connectivity index (χ0) is 18.7. The molecule has 5 heteroatoms. The first kappa shape index (κ1) is 21.8. The third kappa shape index (κ3) is 8.63. The highest BCUT2D eigenvalue weighted by atomic mass is 16.4. The minimum atomic E-state index is -0.786. The number of aliphatic hydroxyl groups excluding tert-OH is 2. The average Bonchev–Trinajstić information content (AvgIpc) is 2.82. The maximum absolute atomic E-state index is 12.0. The lowest BCUT2D eigenvalue weighted by atomic mass is 9.86. The smallest absolute Gasteiger partial charge is 0.303 e. The van der Waals surface area contributed by atoms with Gasteiger partial charge < -0.3 is 15.3 Å². The Kier molecular flexibility index (Phi) is 10.7. The van der Waals surface area contributed by atoms with Gasteiger partial charge in [-0.3, -0.25) is 9.59 Å². The number of allylic oxidation sites excluding steroid dienone is 2. The molecular formula is C20H34O5. The zero-order valence-electron chi connectivity index (χ0n) is 15.4. The third-order valence-electron chi connectivity index (χ3n) is 5.17. The number of carbonyl (C=O) groups excluding carboxylic acids is 1. The topological polar surface area (TPSA) is 94.8 Å². The molecule has 0 amide bonds. The van der Waals surface area contributed by atoms with Crippen LogP contribution < -0.4 is 0 Å². The van der Waals surface area contributed by atoms with E-state index in [0.717, 1.165) is 19.3 Å². The molecule has 0 unspecified atom stereocenters. The first-order valence-electron chi connectivity index (χ1n) is 9.70. The fourth-order valence-electron chi connectivity index (χ4n) is 3.67. The fraction of sp³-hybridized carbons (Fsp3) is 0.800. The molecule has 0 aromatic carbocycles. The molecule has 5 nitrogen and oxygen atoms in total. The third-order valence-corrected chi connectivity index (χ3v) is 5.17. The Morgan fingerprint density at radius 2 is 1.68 bits per heavy atom. The summed E-state index contributed by atoms with van der Waals surface area (Å²) in [5.74, 6) is -0.584. The van der Waals surface area contributed by atoms with Crippen LogP contribution in [0.2, 0.25) is 0 Å². The summed E-state index contributed by atoms with van der Waals surface area (Å²) in [5, 5.41) is 29.0. The minimum Gasteiger partial charge on any atom is -0.481 e. The molecule has 1 saturated carbocycles. The summed E-state index contributed by atoms with van der Waals surface area (Å²) in [6.45, 7) is 2.11. The summed E-state index contributed by atoms with van der Waals surface area (Å²) >= 11 is 0. The highest BCUT2D eigenvalue weighted by Gasteiger charge is 2.40. The van der Waals surface area contributed by atoms with Crippen molar-refractivity contribution in [3.8, 4) is 0 Å². The van der Waals surface area contributed by atoms with Crippen LogP contribution in [0.3, 0.4) is 0 Å². The van der Waals surface area contributed by atoms with Gasteiger partial charge in [0.05, 0.1) is 12.2 Å². The Morgan fingerprint density at radius 1 is 0.960 bits per heavy atom. The van der Waals surface area contributed by atoms with Gasteiger partial charge in [-0.1, -0.05) is 31.9 Å². The maximum atomic E-state index is 12.0. The highest BCUT2D eigenvalue weighted by molar-refractivity contribution is 5.78. The Balaban J connectivity index is 2.38. The summed E-state index contributed by atoms with van der Waals surface area (Å²) < 4.78 is 0. The summed E-state index contributed by atoms with van der Waals surface area (Å²) in [6, 6.07) is 0. The van der Waals surface area contributed by atoms with Gasteiger partial charge in [-0.2, -0.15) is 0 Å². The predicted molar refractivity (Wildman–Crippen MR) is 97.2 cm³/mol. The summed E-state index contributed by atoms with van der Waals surface area (Å²) in [7, 11) is 0. The summed E-state index contributed by atoms with van der Waals surface area (Å²) in [5.41, 5.74) is 0. The molecule has 0 heterocycles. The Bertz CT molecular complexity index is 432. The van der Waals surface area contributed by atoms with Crippen molar-refractivity contribution in [1.29, 1.82) is 0 Å². The van der Waals surface area contributed by atoms with Crippen molar-refractivity contribution < 1.29 is 24.9 Å². The fourth-order valence-corrected chi connectivity index (χ4v) is 3.67. The van der Waals surface area contributed by atoms with Crippen molar-refractivity contribution in [2.75, 3.05) is 0 Å². The molecule has 0 aromatic heterocycles. The number of ketones is 1. The monoisotopic (exact) mass is 354 g/mol. The first-order valence-corrected chi connectivity index (χ1v) is 9.70. The van der Waals surface area contributed by atoms with Crippen LogP contribution in [0, 0.1) is 11.8 Å². The van der Waals surface area contributed by atoms with Crippen molar-refractivity contribution in [1.82, 2.24) is 0 Å². The molecule has 1 aliphatic rings.